The van der Waals surface area contributed by atoms with Crippen LogP contribution in [-0.4, -0.2) is 9.55 Å². The number of nitrogen functional groups attached to an aromatic ring is 1. The predicted molar refractivity (Wildman–Crippen MR) is 55.8 cm³/mol. The lowest BCUT2D eigenvalue weighted by molar-refractivity contribution is -0.137. The van der Waals surface area contributed by atoms with Crippen molar-refractivity contribution in [2.45, 2.75) is 6.18 Å². The summed E-state index contributed by atoms with van der Waals surface area (Å²) in [4.78, 5) is 13.7. The maximum Gasteiger partial charge on any atom is 0.416 e. The number of nitrogens with two attached hydrogens (primary N) is 1. The summed E-state index contributed by atoms with van der Waals surface area (Å²) in [6.07, 6.45) is -1.68. The van der Waals surface area contributed by atoms with Gasteiger partial charge in [0.15, 0.2) is 0 Å². The van der Waals surface area contributed by atoms with E-state index in [-0.39, 0.29) is 11.4 Å². The van der Waals surface area contributed by atoms with Crippen LogP contribution in [0.5, 0.6) is 0 Å². The molecule has 0 saturated carbocycles. The summed E-state index contributed by atoms with van der Waals surface area (Å²) in [5.41, 5.74) is 4.30. The van der Waals surface area contributed by atoms with Gasteiger partial charge < -0.3 is 10.7 Å². The lowest BCUT2D eigenvalue weighted by Crippen LogP contribution is -2.16. The Kier molecular flexibility index (Phi) is 2.45. The Balaban J connectivity index is 2.54. The molecule has 0 atom stereocenters. The highest BCUT2D eigenvalue weighted by atomic mass is 19.4. The van der Waals surface area contributed by atoms with Crippen molar-refractivity contribution in [1.29, 1.82) is 0 Å². The Morgan fingerprint density at radius 2 is 2.00 bits per heavy atom. The minimum atomic E-state index is -4.45. The van der Waals surface area contributed by atoms with Crippen molar-refractivity contribution < 1.29 is 13.2 Å². The SMILES string of the molecule is Nc1cc(C(F)(F)F)ccc1-n1cc[nH]c1=O. The van der Waals surface area contributed by atoms with Crippen molar-refractivity contribution in [3.05, 3.63) is 46.6 Å². The van der Waals surface area contributed by atoms with Crippen molar-refractivity contribution in [2.75, 3.05) is 5.73 Å². The molecule has 17 heavy (non-hydrogen) atoms. The third-order valence-corrected chi connectivity index (χ3v) is 2.26. The van der Waals surface area contributed by atoms with Gasteiger partial charge in [0, 0.05) is 12.4 Å². The number of anilines is 1. The Hall–Kier alpha value is -2.18. The molecule has 90 valence electrons. The Labute approximate surface area is 93.5 Å². The molecule has 0 radical (unpaired) electrons. The molecule has 0 aliphatic rings. The fourth-order valence-electron chi connectivity index (χ4n) is 1.46. The number of nitrogens with one attached hydrogen (secondary N) is 1. The highest BCUT2D eigenvalue weighted by Crippen LogP contribution is 2.31. The molecule has 0 unspecified atom stereocenters. The maximum absolute atomic E-state index is 12.4. The smallest absolute Gasteiger partial charge is 0.397 e. The van der Waals surface area contributed by atoms with Crippen molar-refractivity contribution >= 4 is 5.69 Å². The number of imidazole rings is 1. The van der Waals surface area contributed by atoms with Gasteiger partial charge in [0.05, 0.1) is 16.9 Å². The van der Waals surface area contributed by atoms with Crippen LogP contribution in [0.25, 0.3) is 5.69 Å². The van der Waals surface area contributed by atoms with Gasteiger partial charge >= 0.3 is 11.9 Å². The van der Waals surface area contributed by atoms with E-state index in [2.05, 4.69) is 4.98 Å². The Bertz CT molecular complexity index is 597. The third-order valence-electron chi connectivity index (χ3n) is 2.26. The van der Waals surface area contributed by atoms with E-state index in [1.165, 1.54) is 12.4 Å². The fraction of sp³-hybridized carbons (Fsp3) is 0.100. The summed E-state index contributed by atoms with van der Waals surface area (Å²) in [5, 5.41) is 0. The molecule has 1 aromatic carbocycles. The second-order valence-corrected chi connectivity index (χ2v) is 3.41. The number of halogens is 3. The van der Waals surface area contributed by atoms with Crippen molar-refractivity contribution in [1.82, 2.24) is 9.55 Å². The summed E-state index contributed by atoms with van der Waals surface area (Å²) < 4.78 is 38.3. The van der Waals surface area contributed by atoms with Crippen LogP contribution in [0.3, 0.4) is 0 Å². The average Bonchev–Trinajstić information content (AvgIpc) is 2.63. The van der Waals surface area contributed by atoms with Gasteiger partial charge in [-0.1, -0.05) is 0 Å². The van der Waals surface area contributed by atoms with E-state index in [0.717, 1.165) is 22.8 Å². The van der Waals surface area contributed by atoms with Crippen LogP contribution in [0.15, 0.2) is 35.4 Å². The van der Waals surface area contributed by atoms with Crippen LogP contribution < -0.4 is 11.4 Å². The van der Waals surface area contributed by atoms with Crippen LogP contribution in [0.1, 0.15) is 5.56 Å². The van der Waals surface area contributed by atoms with Gasteiger partial charge in [-0.3, -0.25) is 4.57 Å². The number of H-pyrrole nitrogens is 1. The largest absolute Gasteiger partial charge is 0.416 e. The molecule has 1 aromatic heterocycles. The third kappa shape index (κ3) is 2.03. The number of hydrogen-bond acceptors (Lipinski definition) is 2. The summed E-state index contributed by atoms with van der Waals surface area (Å²) in [5.74, 6) is 0. The number of aromatic amines is 1. The number of benzene rings is 1. The molecule has 4 nitrogen and oxygen atoms in total. The quantitative estimate of drug-likeness (QED) is 0.749. The van der Waals surface area contributed by atoms with Gasteiger partial charge in [0.2, 0.25) is 0 Å². The van der Waals surface area contributed by atoms with E-state index >= 15 is 0 Å². The Morgan fingerprint density at radius 3 is 2.47 bits per heavy atom. The topological polar surface area (TPSA) is 63.8 Å². The molecule has 0 fully saturated rings. The zero-order valence-corrected chi connectivity index (χ0v) is 8.45. The molecule has 1 heterocycles. The summed E-state index contributed by atoms with van der Waals surface area (Å²) >= 11 is 0. The first kappa shape index (κ1) is 11.3. The average molecular weight is 243 g/mol. The highest BCUT2D eigenvalue weighted by Gasteiger charge is 2.30. The molecule has 0 aliphatic carbocycles. The second kappa shape index (κ2) is 3.69. The number of nitrogens with zero attached hydrogens (tertiary/aromatic N) is 1. The van der Waals surface area contributed by atoms with Crippen LogP contribution in [-0.2, 0) is 6.18 Å². The minimum Gasteiger partial charge on any atom is -0.397 e. The van der Waals surface area contributed by atoms with E-state index in [4.69, 9.17) is 5.73 Å². The molecule has 2 rings (SSSR count). The van der Waals surface area contributed by atoms with Gasteiger partial charge in [-0.25, -0.2) is 4.79 Å². The molecule has 2 aromatic rings. The Morgan fingerprint density at radius 1 is 1.29 bits per heavy atom. The fourth-order valence-corrected chi connectivity index (χ4v) is 1.46. The van der Waals surface area contributed by atoms with Crippen LogP contribution >= 0.6 is 0 Å². The monoisotopic (exact) mass is 243 g/mol. The standard InChI is InChI=1S/C10H8F3N3O/c11-10(12,13)6-1-2-8(7(14)5-6)16-4-3-15-9(16)17/h1-5H,14H2,(H,15,17). The molecule has 0 bridgehead atoms. The highest BCUT2D eigenvalue weighted by molar-refractivity contribution is 5.59. The second-order valence-electron chi connectivity index (χ2n) is 3.41. The van der Waals surface area contributed by atoms with E-state index < -0.39 is 17.4 Å². The van der Waals surface area contributed by atoms with Gasteiger partial charge in [-0.05, 0) is 18.2 Å². The molecular formula is C10H8F3N3O. The van der Waals surface area contributed by atoms with Crippen molar-refractivity contribution in [3.8, 4) is 5.69 Å². The van der Waals surface area contributed by atoms with E-state index in [0.29, 0.717) is 0 Å². The predicted octanol–water partition coefficient (Wildman–Crippen LogP) is 1.77. The van der Waals surface area contributed by atoms with Gasteiger partial charge in [0.25, 0.3) is 0 Å². The van der Waals surface area contributed by atoms with Gasteiger partial charge in [0.1, 0.15) is 0 Å². The zero-order valence-electron chi connectivity index (χ0n) is 8.45. The van der Waals surface area contributed by atoms with Crippen molar-refractivity contribution in [2.24, 2.45) is 0 Å². The lowest BCUT2D eigenvalue weighted by atomic mass is 10.1. The first-order chi connectivity index (χ1) is 7.89. The molecule has 0 amide bonds. The van der Waals surface area contributed by atoms with Crippen LogP contribution in [0, 0.1) is 0 Å². The van der Waals surface area contributed by atoms with Crippen LogP contribution in [0.2, 0.25) is 0 Å². The van der Waals surface area contributed by atoms with E-state index in [1.807, 2.05) is 0 Å². The molecule has 0 saturated heterocycles. The number of rotatable bonds is 1. The van der Waals surface area contributed by atoms with Gasteiger partial charge in [-0.15, -0.1) is 0 Å². The first-order valence-corrected chi connectivity index (χ1v) is 4.63. The summed E-state index contributed by atoms with van der Waals surface area (Å²) in [6, 6.07) is 2.84. The molecule has 0 spiro atoms. The maximum atomic E-state index is 12.4. The molecule has 3 N–H and O–H groups in total. The summed E-state index contributed by atoms with van der Waals surface area (Å²) in [7, 11) is 0. The van der Waals surface area contributed by atoms with Crippen molar-refractivity contribution in [3.63, 3.8) is 0 Å². The zero-order chi connectivity index (χ0) is 12.6. The van der Waals surface area contributed by atoms with E-state index in [9.17, 15) is 18.0 Å². The number of alkyl halides is 3. The number of aromatic nitrogens is 2. The van der Waals surface area contributed by atoms with Crippen LogP contribution in [0.4, 0.5) is 18.9 Å². The van der Waals surface area contributed by atoms with Gasteiger partial charge in [-0.2, -0.15) is 13.2 Å². The van der Waals surface area contributed by atoms with E-state index in [1.54, 1.807) is 0 Å². The molecule has 7 heteroatoms. The number of hydrogen-bond donors (Lipinski definition) is 2. The normalized spacial score (nSPS) is 11.7. The first-order valence-electron chi connectivity index (χ1n) is 4.63. The lowest BCUT2D eigenvalue weighted by Gasteiger charge is -2.10. The summed E-state index contributed by atoms with van der Waals surface area (Å²) in [6.45, 7) is 0. The molecule has 0 aliphatic heterocycles. The minimum absolute atomic E-state index is 0.110. The molecular weight excluding hydrogens is 235 g/mol.